The average Bonchev–Trinajstić information content (AvgIpc) is 3.82. The molecule has 2 nitrogen and oxygen atoms in total. The maximum absolute atomic E-state index is 6.90. The molecule has 0 aliphatic heterocycles. The molecule has 0 unspecified atom stereocenters. The molecule has 1 aromatic heterocycles. The fourth-order valence-corrected chi connectivity index (χ4v) is 9.23. The zero-order valence-corrected chi connectivity index (χ0v) is 31.2. The summed E-state index contributed by atoms with van der Waals surface area (Å²) in [5.41, 5.74) is 16.7. The van der Waals surface area contributed by atoms with E-state index in [9.17, 15) is 0 Å². The molecule has 1 heterocycles. The van der Waals surface area contributed by atoms with Crippen LogP contribution in [-0.2, 0) is 5.41 Å². The third-order valence-electron chi connectivity index (χ3n) is 11.8. The maximum atomic E-state index is 6.90. The molecule has 0 radical (unpaired) electrons. The van der Waals surface area contributed by atoms with E-state index in [1.165, 1.54) is 55.6 Å². The lowest BCUT2D eigenvalue weighted by molar-refractivity contribution is 0.665. The van der Waals surface area contributed by atoms with Crippen molar-refractivity contribution in [1.82, 2.24) is 0 Å². The highest BCUT2D eigenvalue weighted by atomic mass is 16.3. The minimum atomic E-state index is -0.503. The van der Waals surface area contributed by atoms with Gasteiger partial charge in [-0.05, 0) is 98.1 Å². The van der Waals surface area contributed by atoms with Crippen LogP contribution in [0.1, 0.15) is 22.3 Å². The number of furan rings is 1. The molecule has 0 fully saturated rings. The summed E-state index contributed by atoms with van der Waals surface area (Å²) in [4.78, 5) is 2.36. The van der Waals surface area contributed by atoms with E-state index in [1.54, 1.807) is 0 Å². The van der Waals surface area contributed by atoms with Gasteiger partial charge in [-0.25, -0.2) is 0 Å². The molecule has 0 atom stereocenters. The second-order valence-electron chi connectivity index (χ2n) is 14.8. The van der Waals surface area contributed by atoms with Crippen molar-refractivity contribution in [3.05, 3.63) is 247 Å². The summed E-state index contributed by atoms with van der Waals surface area (Å²) < 4.78 is 6.90. The Morgan fingerprint density at radius 1 is 0.351 bits per heavy atom. The molecule has 0 amide bonds. The number of benzene rings is 9. The lowest BCUT2D eigenvalue weighted by Crippen LogP contribution is -2.28. The summed E-state index contributed by atoms with van der Waals surface area (Å²) >= 11 is 0. The summed E-state index contributed by atoms with van der Waals surface area (Å²) in [6.07, 6.45) is 0. The number of nitrogens with zero attached hydrogens (tertiary/aromatic N) is 1. The average molecular weight is 728 g/mol. The van der Waals surface area contributed by atoms with Crippen molar-refractivity contribution >= 4 is 39.0 Å². The first-order valence-electron chi connectivity index (χ1n) is 19.6. The van der Waals surface area contributed by atoms with Crippen molar-refractivity contribution in [3.63, 3.8) is 0 Å². The molecule has 9 aromatic carbocycles. The van der Waals surface area contributed by atoms with Crippen molar-refractivity contribution in [1.29, 1.82) is 0 Å². The molecule has 10 aromatic rings. The highest BCUT2D eigenvalue weighted by Crippen LogP contribution is 2.56. The third kappa shape index (κ3) is 5.26. The smallest absolute Gasteiger partial charge is 0.137 e. The monoisotopic (exact) mass is 727 g/mol. The molecule has 268 valence electrons. The van der Waals surface area contributed by atoms with Gasteiger partial charge in [0, 0.05) is 16.8 Å². The fraction of sp³-hybridized carbons (Fsp3) is 0.0182. The number of rotatable bonds is 7. The Bertz CT molecular complexity index is 2910. The van der Waals surface area contributed by atoms with Crippen molar-refractivity contribution < 1.29 is 4.42 Å². The lowest BCUT2D eigenvalue weighted by atomic mass is 9.67. The molecule has 0 spiro atoms. The summed E-state index contributed by atoms with van der Waals surface area (Å²) in [6, 6.07) is 80.9. The molecule has 0 saturated carbocycles. The number of anilines is 3. The van der Waals surface area contributed by atoms with E-state index in [1.807, 2.05) is 0 Å². The van der Waals surface area contributed by atoms with Gasteiger partial charge in [-0.2, -0.15) is 0 Å². The third-order valence-corrected chi connectivity index (χ3v) is 11.8. The van der Waals surface area contributed by atoms with Crippen molar-refractivity contribution in [2.45, 2.75) is 5.41 Å². The van der Waals surface area contributed by atoms with Gasteiger partial charge in [-0.3, -0.25) is 0 Å². The van der Waals surface area contributed by atoms with Crippen LogP contribution in [0.15, 0.2) is 229 Å². The van der Waals surface area contributed by atoms with Gasteiger partial charge >= 0.3 is 0 Å². The van der Waals surface area contributed by atoms with Gasteiger partial charge in [0.05, 0.1) is 16.5 Å². The van der Waals surface area contributed by atoms with Crippen LogP contribution in [0.4, 0.5) is 17.1 Å². The molecule has 57 heavy (non-hydrogen) atoms. The van der Waals surface area contributed by atoms with Crippen LogP contribution in [0.3, 0.4) is 0 Å². The van der Waals surface area contributed by atoms with E-state index in [0.29, 0.717) is 0 Å². The first kappa shape index (κ1) is 33.0. The molecule has 2 heteroatoms. The Hall–Kier alpha value is -7.42. The molecule has 0 N–H and O–H groups in total. The maximum Gasteiger partial charge on any atom is 0.137 e. The minimum Gasteiger partial charge on any atom is -0.456 e. The molecule has 1 aliphatic rings. The molecule has 0 bridgehead atoms. The van der Waals surface area contributed by atoms with Gasteiger partial charge in [0.25, 0.3) is 0 Å². The number of fused-ring (bicyclic) bond motifs is 6. The van der Waals surface area contributed by atoms with Gasteiger partial charge < -0.3 is 9.32 Å². The second kappa shape index (κ2) is 13.4. The van der Waals surface area contributed by atoms with E-state index in [4.69, 9.17) is 4.42 Å². The fourth-order valence-electron chi connectivity index (χ4n) is 9.23. The quantitative estimate of drug-likeness (QED) is 0.163. The molecule has 0 saturated heterocycles. The summed E-state index contributed by atoms with van der Waals surface area (Å²) in [5.74, 6) is 0. The SMILES string of the molecule is c1ccc(-c2ccc(N(c3ccc(-c4ccccc4)cc3)c3cccc4oc5cc(C6(c7ccccc7)c7ccccc7-c7ccccc76)ccc5c34)cc2)cc1. The van der Waals surface area contributed by atoms with Crippen molar-refractivity contribution in [2.75, 3.05) is 4.90 Å². The zero-order valence-electron chi connectivity index (χ0n) is 31.2. The van der Waals surface area contributed by atoms with Gasteiger partial charge in [0.1, 0.15) is 11.2 Å². The molecule has 1 aliphatic carbocycles. The number of hydrogen-bond acceptors (Lipinski definition) is 2. The molecular weight excluding hydrogens is 691 g/mol. The zero-order chi connectivity index (χ0) is 37.8. The van der Waals surface area contributed by atoms with Crippen LogP contribution in [0.2, 0.25) is 0 Å². The van der Waals surface area contributed by atoms with Crippen molar-refractivity contribution in [2.24, 2.45) is 0 Å². The summed E-state index contributed by atoms with van der Waals surface area (Å²) in [7, 11) is 0. The second-order valence-corrected chi connectivity index (χ2v) is 14.8. The van der Waals surface area contributed by atoms with E-state index in [0.717, 1.165) is 39.0 Å². The van der Waals surface area contributed by atoms with Crippen LogP contribution >= 0.6 is 0 Å². The summed E-state index contributed by atoms with van der Waals surface area (Å²) in [6.45, 7) is 0. The van der Waals surface area contributed by atoms with Gasteiger partial charge in [-0.15, -0.1) is 0 Å². The Morgan fingerprint density at radius 2 is 0.842 bits per heavy atom. The standard InChI is InChI=1S/C55H37NO/c1-4-15-38(16-5-1)40-27-32-44(33-28-40)56(45-34-29-41(30-35-45)39-17-6-2-7-18-39)51-25-14-26-52-54(51)48-36-31-43(37-53(48)57-52)55(42-19-8-3-9-20-42)49-23-12-10-21-46(49)47-22-11-13-24-50(47)55/h1-37H. The van der Waals surface area contributed by atoms with Crippen molar-refractivity contribution in [3.8, 4) is 33.4 Å². The Morgan fingerprint density at radius 3 is 1.40 bits per heavy atom. The van der Waals surface area contributed by atoms with E-state index >= 15 is 0 Å². The Kier molecular flexibility index (Phi) is 7.75. The van der Waals surface area contributed by atoms with Gasteiger partial charge in [-0.1, -0.05) is 182 Å². The van der Waals surface area contributed by atoms with Crippen LogP contribution in [0, 0.1) is 0 Å². The highest BCUT2D eigenvalue weighted by Gasteiger charge is 2.46. The van der Waals surface area contributed by atoms with Crippen LogP contribution in [0.25, 0.3) is 55.3 Å². The van der Waals surface area contributed by atoms with E-state index in [-0.39, 0.29) is 0 Å². The predicted octanol–water partition coefficient (Wildman–Crippen LogP) is 14.8. The predicted molar refractivity (Wildman–Crippen MR) is 237 cm³/mol. The lowest BCUT2D eigenvalue weighted by Gasteiger charge is -2.33. The first-order valence-corrected chi connectivity index (χ1v) is 19.6. The molecular formula is C55H37NO. The minimum absolute atomic E-state index is 0.503. The normalized spacial score (nSPS) is 12.7. The molecule has 11 rings (SSSR count). The largest absolute Gasteiger partial charge is 0.456 e. The Balaban J connectivity index is 1.11. The van der Waals surface area contributed by atoms with E-state index in [2.05, 4.69) is 229 Å². The first-order chi connectivity index (χ1) is 28.3. The van der Waals surface area contributed by atoms with Crippen LogP contribution in [-0.4, -0.2) is 0 Å². The summed E-state index contributed by atoms with van der Waals surface area (Å²) in [5, 5.41) is 2.17. The topological polar surface area (TPSA) is 16.4 Å². The highest BCUT2D eigenvalue weighted by molar-refractivity contribution is 6.13. The van der Waals surface area contributed by atoms with Gasteiger partial charge in [0.15, 0.2) is 0 Å². The van der Waals surface area contributed by atoms with Gasteiger partial charge in [0.2, 0.25) is 0 Å². The Labute approximate surface area is 332 Å². The number of hydrogen-bond donors (Lipinski definition) is 0. The van der Waals surface area contributed by atoms with E-state index < -0.39 is 5.41 Å². The van der Waals surface area contributed by atoms with Crippen LogP contribution in [0.5, 0.6) is 0 Å². The van der Waals surface area contributed by atoms with Crippen LogP contribution < -0.4 is 4.90 Å².